The Bertz CT molecular complexity index is 278. The van der Waals surface area contributed by atoms with E-state index in [-0.39, 0.29) is 11.4 Å². The van der Waals surface area contributed by atoms with Crippen molar-refractivity contribution in [3.05, 3.63) is 0 Å². The molecule has 1 saturated carbocycles. The summed E-state index contributed by atoms with van der Waals surface area (Å²) in [5.41, 5.74) is 0.102. The topological polar surface area (TPSA) is 38.3 Å². The first kappa shape index (κ1) is 10.6. The molecule has 3 fully saturated rings. The number of hydrogen-bond donors (Lipinski definition) is 1. The molecule has 0 bridgehead atoms. The van der Waals surface area contributed by atoms with Crippen molar-refractivity contribution in [3.63, 3.8) is 0 Å². The van der Waals surface area contributed by atoms with E-state index in [1.165, 1.54) is 38.5 Å². The molecule has 2 aliphatic heterocycles. The van der Waals surface area contributed by atoms with Crippen LogP contribution in [0.5, 0.6) is 0 Å². The summed E-state index contributed by atoms with van der Waals surface area (Å²) in [7, 11) is 0. The van der Waals surface area contributed by atoms with Crippen LogP contribution in [0.15, 0.2) is 0 Å². The third kappa shape index (κ3) is 1.65. The average molecular weight is 223 g/mol. The molecule has 3 nitrogen and oxygen atoms in total. The maximum Gasteiger partial charge on any atom is 0.220 e. The molecule has 2 atom stereocenters. The first-order valence-corrected chi connectivity index (χ1v) is 6.73. The molecular formula is C13H21NO2. The fraction of sp³-hybridized carbons (Fsp3) is 0.923. The van der Waals surface area contributed by atoms with Gasteiger partial charge in [0, 0.05) is 24.5 Å². The molecular weight excluding hydrogens is 202 g/mol. The van der Waals surface area contributed by atoms with Gasteiger partial charge < -0.3 is 10.1 Å². The Balaban J connectivity index is 1.80. The second-order valence-corrected chi connectivity index (χ2v) is 5.63. The maximum absolute atomic E-state index is 11.7. The van der Waals surface area contributed by atoms with Crippen molar-refractivity contribution in [1.82, 2.24) is 5.32 Å². The number of ether oxygens (including phenoxy) is 1. The second-order valence-electron chi connectivity index (χ2n) is 5.63. The number of rotatable bonds is 1. The Kier molecular flexibility index (Phi) is 2.66. The normalized spacial score (nSPS) is 37.9. The van der Waals surface area contributed by atoms with E-state index < -0.39 is 0 Å². The molecule has 1 aliphatic carbocycles. The summed E-state index contributed by atoms with van der Waals surface area (Å²) in [4.78, 5) is 11.7. The van der Waals surface area contributed by atoms with Gasteiger partial charge in [-0.15, -0.1) is 0 Å². The first-order valence-electron chi connectivity index (χ1n) is 6.73. The molecule has 3 aliphatic rings. The predicted octanol–water partition coefficient (Wildman–Crippen LogP) is 2.00. The number of hydrogen-bond acceptors (Lipinski definition) is 2. The quantitative estimate of drug-likeness (QED) is 0.738. The van der Waals surface area contributed by atoms with Gasteiger partial charge in [0.2, 0.25) is 5.91 Å². The van der Waals surface area contributed by atoms with Crippen LogP contribution in [-0.2, 0) is 9.53 Å². The third-order valence-electron chi connectivity index (χ3n) is 4.66. The van der Waals surface area contributed by atoms with Gasteiger partial charge in [-0.3, -0.25) is 4.79 Å². The fourth-order valence-corrected chi connectivity index (χ4v) is 3.90. The van der Waals surface area contributed by atoms with Crippen LogP contribution in [0.25, 0.3) is 0 Å². The van der Waals surface area contributed by atoms with E-state index >= 15 is 0 Å². The van der Waals surface area contributed by atoms with Gasteiger partial charge in [0.15, 0.2) is 0 Å². The average Bonchev–Trinajstić information content (AvgIpc) is 2.88. The van der Waals surface area contributed by atoms with Crippen LogP contribution < -0.4 is 5.32 Å². The van der Waals surface area contributed by atoms with Crippen LogP contribution in [0.4, 0.5) is 0 Å². The van der Waals surface area contributed by atoms with Crippen molar-refractivity contribution in [2.45, 2.75) is 63.0 Å². The Hall–Kier alpha value is -0.570. The van der Waals surface area contributed by atoms with E-state index in [0.717, 1.165) is 13.0 Å². The highest BCUT2D eigenvalue weighted by Crippen LogP contribution is 2.44. The molecule has 16 heavy (non-hydrogen) atoms. The van der Waals surface area contributed by atoms with Gasteiger partial charge in [0.1, 0.15) is 0 Å². The Morgan fingerprint density at radius 3 is 2.69 bits per heavy atom. The molecule has 0 radical (unpaired) electrons. The van der Waals surface area contributed by atoms with Crippen LogP contribution in [-0.4, -0.2) is 24.2 Å². The van der Waals surface area contributed by atoms with E-state index in [4.69, 9.17) is 4.74 Å². The molecule has 90 valence electrons. The molecule has 2 saturated heterocycles. The predicted molar refractivity (Wildman–Crippen MR) is 61.0 cm³/mol. The van der Waals surface area contributed by atoms with Crippen LogP contribution in [0.1, 0.15) is 51.4 Å². The number of amides is 1. The zero-order valence-electron chi connectivity index (χ0n) is 9.84. The van der Waals surface area contributed by atoms with Gasteiger partial charge in [-0.25, -0.2) is 0 Å². The van der Waals surface area contributed by atoms with Gasteiger partial charge in [0.05, 0.1) is 6.10 Å². The molecule has 0 aromatic rings. The smallest absolute Gasteiger partial charge is 0.220 e. The molecule has 2 heterocycles. The highest BCUT2D eigenvalue weighted by atomic mass is 16.5. The molecule has 2 unspecified atom stereocenters. The van der Waals surface area contributed by atoms with Crippen LogP contribution in [0, 0.1) is 5.92 Å². The maximum atomic E-state index is 11.7. The lowest BCUT2D eigenvalue weighted by Crippen LogP contribution is -2.50. The molecule has 3 rings (SSSR count). The van der Waals surface area contributed by atoms with E-state index in [1.54, 1.807) is 0 Å². The minimum atomic E-state index is 0.102. The minimum Gasteiger partial charge on any atom is -0.378 e. The highest BCUT2D eigenvalue weighted by Gasteiger charge is 2.50. The molecule has 1 amide bonds. The SMILES string of the molecule is O=C1CC(C2CCCO2)C2(CCCCC2)N1. The fourth-order valence-electron chi connectivity index (χ4n) is 3.90. The lowest BCUT2D eigenvalue weighted by atomic mass is 9.71. The molecule has 1 N–H and O–H groups in total. The highest BCUT2D eigenvalue weighted by molar-refractivity contribution is 5.80. The van der Waals surface area contributed by atoms with E-state index in [1.807, 2.05) is 0 Å². The van der Waals surface area contributed by atoms with E-state index in [2.05, 4.69) is 5.32 Å². The number of carbonyl (C=O) groups is 1. The van der Waals surface area contributed by atoms with Crippen molar-refractivity contribution in [3.8, 4) is 0 Å². The van der Waals surface area contributed by atoms with Crippen molar-refractivity contribution in [2.24, 2.45) is 5.92 Å². The summed E-state index contributed by atoms with van der Waals surface area (Å²) in [6.45, 7) is 0.894. The molecule has 3 heteroatoms. The molecule has 0 aromatic heterocycles. The largest absolute Gasteiger partial charge is 0.378 e. The van der Waals surface area contributed by atoms with Crippen molar-refractivity contribution in [2.75, 3.05) is 6.61 Å². The number of nitrogens with one attached hydrogen (secondary N) is 1. The first-order chi connectivity index (χ1) is 7.80. The van der Waals surface area contributed by atoms with Crippen LogP contribution in [0.2, 0.25) is 0 Å². The summed E-state index contributed by atoms with van der Waals surface area (Å²) in [6, 6.07) is 0. The van der Waals surface area contributed by atoms with Crippen molar-refractivity contribution >= 4 is 5.91 Å². The Morgan fingerprint density at radius 2 is 2.00 bits per heavy atom. The van der Waals surface area contributed by atoms with Crippen LogP contribution in [0.3, 0.4) is 0 Å². The van der Waals surface area contributed by atoms with E-state index in [0.29, 0.717) is 18.4 Å². The standard InChI is InChI=1S/C13H21NO2/c15-12-9-10(11-5-4-8-16-11)13(14-12)6-2-1-3-7-13/h10-11H,1-9H2,(H,14,15). The third-order valence-corrected chi connectivity index (χ3v) is 4.66. The lowest BCUT2D eigenvalue weighted by Gasteiger charge is -2.40. The van der Waals surface area contributed by atoms with Gasteiger partial charge in [-0.05, 0) is 25.7 Å². The summed E-state index contributed by atoms with van der Waals surface area (Å²) in [5.74, 6) is 0.699. The van der Waals surface area contributed by atoms with Crippen LogP contribution >= 0.6 is 0 Å². The Labute approximate surface area is 96.9 Å². The zero-order chi connectivity index (χ0) is 11.0. The molecule has 1 spiro atoms. The van der Waals surface area contributed by atoms with Crippen molar-refractivity contribution in [1.29, 1.82) is 0 Å². The van der Waals surface area contributed by atoms with Gasteiger partial charge in [0.25, 0.3) is 0 Å². The summed E-state index contributed by atoms with van der Waals surface area (Å²) in [5, 5.41) is 3.28. The molecule has 0 aromatic carbocycles. The van der Waals surface area contributed by atoms with Crippen molar-refractivity contribution < 1.29 is 9.53 Å². The second kappa shape index (κ2) is 4.02. The van der Waals surface area contributed by atoms with Gasteiger partial charge in [-0.2, -0.15) is 0 Å². The van der Waals surface area contributed by atoms with Gasteiger partial charge >= 0.3 is 0 Å². The summed E-state index contributed by atoms with van der Waals surface area (Å²) < 4.78 is 5.82. The lowest BCUT2D eigenvalue weighted by molar-refractivity contribution is -0.120. The summed E-state index contributed by atoms with van der Waals surface area (Å²) >= 11 is 0. The minimum absolute atomic E-state index is 0.102. The van der Waals surface area contributed by atoms with Gasteiger partial charge in [-0.1, -0.05) is 19.3 Å². The van der Waals surface area contributed by atoms with E-state index in [9.17, 15) is 4.79 Å². The monoisotopic (exact) mass is 223 g/mol. The summed E-state index contributed by atoms with van der Waals surface area (Å²) in [6.07, 6.45) is 9.57. The number of carbonyl (C=O) groups excluding carboxylic acids is 1. The zero-order valence-corrected chi connectivity index (χ0v) is 9.84. The Morgan fingerprint density at radius 1 is 1.19 bits per heavy atom.